The van der Waals surface area contributed by atoms with E-state index in [9.17, 15) is 4.79 Å². The third-order valence-electron chi connectivity index (χ3n) is 2.45. The van der Waals surface area contributed by atoms with Crippen molar-refractivity contribution in [2.45, 2.75) is 13.8 Å². The number of benzene rings is 1. The van der Waals surface area contributed by atoms with Crippen LogP contribution < -0.4 is 5.32 Å². The van der Waals surface area contributed by atoms with Crippen molar-refractivity contribution in [3.05, 3.63) is 29.3 Å². The molecule has 0 bridgehead atoms. The van der Waals surface area contributed by atoms with E-state index in [0.29, 0.717) is 13.2 Å². The van der Waals surface area contributed by atoms with Gasteiger partial charge in [-0.15, -0.1) is 0 Å². The van der Waals surface area contributed by atoms with Crippen LogP contribution in [-0.2, 0) is 4.74 Å². The van der Waals surface area contributed by atoms with Crippen LogP contribution in [0.5, 0.6) is 0 Å². The second-order valence-electron chi connectivity index (χ2n) is 4.22. The lowest BCUT2D eigenvalue weighted by Crippen LogP contribution is -2.33. The fourth-order valence-corrected chi connectivity index (χ4v) is 1.60. The molecule has 0 fully saturated rings. The summed E-state index contributed by atoms with van der Waals surface area (Å²) in [4.78, 5) is 13.4. The molecule has 1 aromatic rings. The van der Waals surface area contributed by atoms with E-state index in [1.165, 1.54) is 0 Å². The number of ether oxygens (including phenoxy) is 1. The maximum atomic E-state index is 11.8. The number of methoxy groups -OCH3 is 1. The van der Waals surface area contributed by atoms with Crippen LogP contribution in [0.4, 0.5) is 10.5 Å². The number of likely N-dealkylation sites (N-methyl/N-ethyl adjacent to an activating group) is 1. The van der Waals surface area contributed by atoms with Crippen LogP contribution in [0, 0.1) is 13.8 Å². The van der Waals surface area contributed by atoms with Crippen molar-refractivity contribution in [1.82, 2.24) is 4.90 Å². The Labute approximate surface area is 103 Å². The summed E-state index contributed by atoms with van der Waals surface area (Å²) in [5.41, 5.74) is 3.11. The van der Waals surface area contributed by atoms with E-state index in [2.05, 4.69) is 11.4 Å². The molecule has 0 heterocycles. The minimum Gasteiger partial charge on any atom is -0.383 e. The Morgan fingerprint density at radius 1 is 1.29 bits per heavy atom. The normalized spacial score (nSPS) is 10.1. The van der Waals surface area contributed by atoms with Crippen LogP contribution >= 0.6 is 0 Å². The predicted octanol–water partition coefficient (Wildman–Crippen LogP) is 2.41. The first-order chi connectivity index (χ1) is 8.02. The fraction of sp³-hybridized carbons (Fsp3) is 0.462. The predicted molar refractivity (Wildman–Crippen MR) is 69.4 cm³/mol. The molecule has 1 N–H and O–H groups in total. The van der Waals surface area contributed by atoms with E-state index in [1.54, 1.807) is 19.1 Å². The van der Waals surface area contributed by atoms with Gasteiger partial charge >= 0.3 is 6.03 Å². The lowest BCUT2D eigenvalue weighted by atomic mass is 10.1. The second kappa shape index (κ2) is 6.25. The zero-order valence-electron chi connectivity index (χ0n) is 10.9. The van der Waals surface area contributed by atoms with Gasteiger partial charge in [-0.1, -0.05) is 6.07 Å². The van der Waals surface area contributed by atoms with Gasteiger partial charge in [0.05, 0.1) is 6.61 Å². The first-order valence-electron chi connectivity index (χ1n) is 5.62. The van der Waals surface area contributed by atoms with Gasteiger partial charge in [0.25, 0.3) is 0 Å². The Kier molecular flexibility index (Phi) is 4.97. The van der Waals surface area contributed by atoms with Crippen LogP contribution in [0.15, 0.2) is 18.2 Å². The molecule has 0 aliphatic rings. The van der Waals surface area contributed by atoms with E-state index < -0.39 is 0 Å². The molecule has 1 rings (SSSR count). The highest BCUT2D eigenvalue weighted by molar-refractivity contribution is 5.89. The van der Waals surface area contributed by atoms with Gasteiger partial charge in [-0.2, -0.15) is 0 Å². The molecular weight excluding hydrogens is 216 g/mol. The van der Waals surface area contributed by atoms with Gasteiger partial charge in [-0.05, 0) is 37.1 Å². The number of carbonyl (C=O) groups is 1. The summed E-state index contributed by atoms with van der Waals surface area (Å²) in [5.74, 6) is 0. The molecule has 1 aromatic carbocycles. The number of amides is 2. The molecular formula is C13H20N2O2. The molecule has 4 heteroatoms. The number of anilines is 1. The number of hydrogen-bond acceptors (Lipinski definition) is 2. The van der Waals surface area contributed by atoms with Crippen molar-refractivity contribution in [2.24, 2.45) is 0 Å². The molecule has 0 aromatic heterocycles. The number of aryl methyl sites for hydroxylation is 2. The Morgan fingerprint density at radius 2 is 1.88 bits per heavy atom. The van der Waals surface area contributed by atoms with Crippen LogP contribution in [0.3, 0.4) is 0 Å². The van der Waals surface area contributed by atoms with Gasteiger partial charge in [0, 0.05) is 26.4 Å². The lowest BCUT2D eigenvalue weighted by Gasteiger charge is -2.17. The first kappa shape index (κ1) is 13.5. The number of nitrogens with one attached hydrogen (secondary N) is 1. The summed E-state index contributed by atoms with van der Waals surface area (Å²) >= 11 is 0. The summed E-state index contributed by atoms with van der Waals surface area (Å²) in [5, 5.41) is 2.86. The maximum Gasteiger partial charge on any atom is 0.321 e. The molecule has 0 aliphatic carbocycles. The molecule has 0 radical (unpaired) electrons. The zero-order chi connectivity index (χ0) is 12.8. The van der Waals surface area contributed by atoms with E-state index in [0.717, 1.165) is 16.8 Å². The Morgan fingerprint density at radius 3 is 2.41 bits per heavy atom. The summed E-state index contributed by atoms with van der Waals surface area (Å²) in [7, 11) is 3.37. The molecule has 17 heavy (non-hydrogen) atoms. The monoisotopic (exact) mass is 236 g/mol. The summed E-state index contributed by atoms with van der Waals surface area (Å²) in [6.45, 7) is 5.14. The summed E-state index contributed by atoms with van der Waals surface area (Å²) < 4.78 is 4.93. The molecule has 0 saturated carbocycles. The summed E-state index contributed by atoms with van der Waals surface area (Å²) in [6, 6.07) is 5.86. The van der Waals surface area contributed by atoms with Crippen molar-refractivity contribution < 1.29 is 9.53 Å². The smallest absolute Gasteiger partial charge is 0.321 e. The van der Waals surface area contributed by atoms with Gasteiger partial charge in [-0.25, -0.2) is 4.79 Å². The van der Waals surface area contributed by atoms with Crippen molar-refractivity contribution in [1.29, 1.82) is 0 Å². The molecule has 0 aliphatic heterocycles. The third kappa shape index (κ3) is 4.44. The van der Waals surface area contributed by atoms with Crippen LogP contribution in [0.1, 0.15) is 11.1 Å². The Bertz CT molecular complexity index is 371. The van der Waals surface area contributed by atoms with Gasteiger partial charge in [0.2, 0.25) is 0 Å². The Hall–Kier alpha value is -1.55. The highest BCUT2D eigenvalue weighted by Gasteiger charge is 2.08. The molecule has 0 atom stereocenters. The SMILES string of the molecule is COCCN(C)C(=O)Nc1cc(C)cc(C)c1. The van der Waals surface area contributed by atoms with E-state index in [4.69, 9.17) is 4.74 Å². The molecule has 0 unspecified atom stereocenters. The minimum absolute atomic E-state index is 0.118. The highest BCUT2D eigenvalue weighted by atomic mass is 16.5. The minimum atomic E-state index is -0.118. The molecule has 2 amide bonds. The molecule has 4 nitrogen and oxygen atoms in total. The lowest BCUT2D eigenvalue weighted by molar-refractivity contribution is 0.165. The van der Waals surface area contributed by atoms with E-state index in [1.807, 2.05) is 26.0 Å². The quantitative estimate of drug-likeness (QED) is 0.872. The van der Waals surface area contributed by atoms with Crippen molar-refractivity contribution in [2.75, 3.05) is 32.6 Å². The number of carbonyl (C=O) groups excluding carboxylic acids is 1. The highest BCUT2D eigenvalue weighted by Crippen LogP contribution is 2.14. The van der Waals surface area contributed by atoms with Crippen LogP contribution in [0.2, 0.25) is 0 Å². The van der Waals surface area contributed by atoms with E-state index >= 15 is 0 Å². The molecule has 94 valence electrons. The third-order valence-corrected chi connectivity index (χ3v) is 2.45. The standard InChI is InChI=1S/C13H20N2O2/c1-10-7-11(2)9-12(8-10)14-13(16)15(3)5-6-17-4/h7-9H,5-6H2,1-4H3,(H,14,16). The van der Waals surface area contributed by atoms with E-state index in [-0.39, 0.29) is 6.03 Å². The fourth-order valence-electron chi connectivity index (χ4n) is 1.60. The number of urea groups is 1. The number of hydrogen-bond donors (Lipinski definition) is 1. The maximum absolute atomic E-state index is 11.8. The number of rotatable bonds is 4. The second-order valence-corrected chi connectivity index (χ2v) is 4.22. The van der Waals surface area contributed by atoms with Crippen molar-refractivity contribution in [3.8, 4) is 0 Å². The van der Waals surface area contributed by atoms with Gasteiger partial charge in [0.15, 0.2) is 0 Å². The van der Waals surface area contributed by atoms with Gasteiger partial charge in [-0.3, -0.25) is 0 Å². The van der Waals surface area contributed by atoms with Crippen molar-refractivity contribution >= 4 is 11.7 Å². The number of nitrogens with zero attached hydrogens (tertiary/aromatic N) is 1. The van der Waals surface area contributed by atoms with Crippen LogP contribution in [0.25, 0.3) is 0 Å². The average molecular weight is 236 g/mol. The zero-order valence-corrected chi connectivity index (χ0v) is 10.9. The van der Waals surface area contributed by atoms with Gasteiger partial charge < -0.3 is 15.0 Å². The molecule has 0 spiro atoms. The van der Waals surface area contributed by atoms with Crippen LogP contribution in [-0.4, -0.2) is 38.2 Å². The average Bonchev–Trinajstić information content (AvgIpc) is 2.24. The summed E-state index contributed by atoms with van der Waals surface area (Å²) in [6.07, 6.45) is 0. The topological polar surface area (TPSA) is 41.6 Å². The largest absolute Gasteiger partial charge is 0.383 e. The molecule has 0 saturated heterocycles. The van der Waals surface area contributed by atoms with Gasteiger partial charge in [0.1, 0.15) is 0 Å². The van der Waals surface area contributed by atoms with Crippen molar-refractivity contribution in [3.63, 3.8) is 0 Å². The first-order valence-corrected chi connectivity index (χ1v) is 5.62. The Balaban J connectivity index is 2.61.